The molecule has 3 aliphatic rings. The summed E-state index contributed by atoms with van der Waals surface area (Å²) in [7, 11) is 4.93. The van der Waals surface area contributed by atoms with Crippen LogP contribution < -0.4 is 0 Å². The van der Waals surface area contributed by atoms with E-state index in [1.807, 2.05) is 0 Å². The molecule has 7 heteroatoms. The normalized spacial score (nSPS) is 42.3. The van der Waals surface area contributed by atoms with Gasteiger partial charge >= 0.3 is 0 Å². The molecule has 2 fully saturated rings. The maximum absolute atomic E-state index is 12.9. The first-order valence-corrected chi connectivity index (χ1v) is 9.80. The van der Waals surface area contributed by atoms with Gasteiger partial charge in [0.05, 0.1) is 24.2 Å². The predicted molar refractivity (Wildman–Crippen MR) is 97.0 cm³/mol. The predicted octanol–water partition coefficient (Wildman–Crippen LogP) is 0.920. The van der Waals surface area contributed by atoms with Crippen LogP contribution in [0.15, 0.2) is 11.8 Å². The van der Waals surface area contributed by atoms with Gasteiger partial charge in [-0.2, -0.15) is 0 Å². The Bertz CT molecular complexity index is 548. The number of aliphatic hydroxyl groups is 2. The summed E-state index contributed by atoms with van der Waals surface area (Å²) in [5.74, 6) is -0.0247. The van der Waals surface area contributed by atoms with Crippen molar-refractivity contribution in [2.24, 2.45) is 23.7 Å². The minimum Gasteiger partial charge on any atom is -0.493 e. The van der Waals surface area contributed by atoms with E-state index < -0.39 is 12.0 Å². The van der Waals surface area contributed by atoms with Crippen molar-refractivity contribution in [1.82, 2.24) is 0 Å². The molecule has 7 nitrogen and oxygen atoms in total. The molecule has 0 saturated heterocycles. The van der Waals surface area contributed by atoms with Crippen LogP contribution in [0, 0.1) is 23.7 Å². The summed E-state index contributed by atoms with van der Waals surface area (Å²) in [6.45, 7) is -0.178. The molecule has 0 spiro atoms. The highest BCUT2D eigenvalue weighted by atomic mass is 16.5. The number of allylic oxidation sites excluding steroid dienone is 2. The number of fused-ring (bicyclic) bond motifs is 1. The lowest BCUT2D eigenvalue weighted by atomic mass is 9.68. The number of methoxy groups -OCH3 is 3. The van der Waals surface area contributed by atoms with Gasteiger partial charge in [0.15, 0.2) is 5.78 Å². The fourth-order valence-electron chi connectivity index (χ4n) is 5.15. The molecule has 8 unspecified atom stereocenters. The molecule has 0 amide bonds. The van der Waals surface area contributed by atoms with Crippen molar-refractivity contribution in [3.63, 3.8) is 0 Å². The standard InChI is InChI=1S/C20H32O7/c1-24-15-5-4-11(6-17(15)25-2)16-8-14(23)19-18(27-16)7-12(9-21)13(10-22)20(19)26-3/h8,11-13,15,17-22H,4-7,9-10H2,1-3H3. The quantitative estimate of drug-likeness (QED) is 0.703. The van der Waals surface area contributed by atoms with Gasteiger partial charge in [0.2, 0.25) is 0 Å². The highest BCUT2D eigenvalue weighted by Crippen LogP contribution is 2.44. The monoisotopic (exact) mass is 384 g/mol. The second-order valence-corrected chi connectivity index (χ2v) is 7.91. The first-order valence-electron chi connectivity index (χ1n) is 9.80. The molecule has 2 aliphatic carbocycles. The number of aliphatic hydroxyl groups excluding tert-OH is 2. The van der Waals surface area contributed by atoms with Crippen LogP contribution in [0.25, 0.3) is 0 Å². The van der Waals surface area contributed by atoms with Gasteiger partial charge in [-0.05, 0) is 31.6 Å². The average Bonchev–Trinajstić information content (AvgIpc) is 2.71. The molecule has 0 aromatic heterocycles. The van der Waals surface area contributed by atoms with Crippen molar-refractivity contribution < 1.29 is 34.0 Å². The zero-order valence-electron chi connectivity index (χ0n) is 16.4. The molecule has 1 heterocycles. The van der Waals surface area contributed by atoms with Crippen LogP contribution in [0.2, 0.25) is 0 Å². The van der Waals surface area contributed by atoms with E-state index in [-0.39, 0.29) is 55.1 Å². The molecule has 27 heavy (non-hydrogen) atoms. The number of rotatable bonds is 6. The summed E-state index contributed by atoms with van der Waals surface area (Å²) >= 11 is 0. The molecule has 1 aliphatic heterocycles. The van der Waals surface area contributed by atoms with Crippen LogP contribution in [0.4, 0.5) is 0 Å². The van der Waals surface area contributed by atoms with E-state index in [2.05, 4.69) is 0 Å². The van der Waals surface area contributed by atoms with Gasteiger partial charge in [0.25, 0.3) is 0 Å². The summed E-state index contributed by atoms with van der Waals surface area (Å²) in [4.78, 5) is 12.9. The molecule has 8 atom stereocenters. The third kappa shape index (κ3) is 3.93. The van der Waals surface area contributed by atoms with Crippen LogP contribution in [0.5, 0.6) is 0 Å². The largest absolute Gasteiger partial charge is 0.493 e. The molecule has 0 aromatic carbocycles. The van der Waals surface area contributed by atoms with Crippen LogP contribution >= 0.6 is 0 Å². The van der Waals surface area contributed by atoms with E-state index in [4.69, 9.17) is 18.9 Å². The highest BCUT2D eigenvalue weighted by Gasteiger charge is 2.51. The second-order valence-electron chi connectivity index (χ2n) is 7.91. The molecule has 2 saturated carbocycles. The Balaban J connectivity index is 1.79. The Morgan fingerprint density at radius 1 is 1.04 bits per heavy atom. The minimum absolute atomic E-state index is 0.00854. The Kier molecular flexibility index (Phi) is 6.92. The number of ketones is 1. The maximum Gasteiger partial charge on any atom is 0.168 e. The van der Waals surface area contributed by atoms with Gasteiger partial charge in [0.1, 0.15) is 11.9 Å². The Morgan fingerprint density at radius 2 is 1.78 bits per heavy atom. The number of carbonyl (C=O) groups is 1. The molecule has 2 N–H and O–H groups in total. The van der Waals surface area contributed by atoms with Gasteiger partial charge in [-0.3, -0.25) is 4.79 Å². The fourth-order valence-corrected chi connectivity index (χ4v) is 5.15. The SMILES string of the molecule is COC1CCC(C2=CC(=O)C3C(CC(CO)C(CO)C3OC)O2)CC1OC. The average molecular weight is 384 g/mol. The molecule has 3 rings (SSSR count). The van der Waals surface area contributed by atoms with Gasteiger partial charge in [-0.25, -0.2) is 0 Å². The van der Waals surface area contributed by atoms with E-state index in [0.29, 0.717) is 12.2 Å². The van der Waals surface area contributed by atoms with Crippen molar-refractivity contribution in [2.45, 2.75) is 50.1 Å². The molecule has 0 radical (unpaired) electrons. The van der Waals surface area contributed by atoms with Crippen molar-refractivity contribution in [1.29, 1.82) is 0 Å². The van der Waals surface area contributed by atoms with E-state index >= 15 is 0 Å². The summed E-state index contributed by atoms with van der Waals surface area (Å²) in [5, 5.41) is 19.5. The van der Waals surface area contributed by atoms with E-state index in [0.717, 1.165) is 19.3 Å². The Labute approximate surface area is 160 Å². The van der Waals surface area contributed by atoms with E-state index in [9.17, 15) is 15.0 Å². The molecular weight excluding hydrogens is 352 g/mol. The summed E-state index contributed by atoms with van der Waals surface area (Å²) in [5.41, 5.74) is 0. The fraction of sp³-hybridized carbons (Fsp3) is 0.850. The van der Waals surface area contributed by atoms with E-state index in [1.54, 1.807) is 27.4 Å². The summed E-state index contributed by atoms with van der Waals surface area (Å²) < 4.78 is 22.9. The second kappa shape index (κ2) is 9.01. The van der Waals surface area contributed by atoms with Gasteiger partial charge in [-0.15, -0.1) is 0 Å². The Morgan fingerprint density at radius 3 is 2.37 bits per heavy atom. The van der Waals surface area contributed by atoms with Crippen LogP contribution in [-0.2, 0) is 23.7 Å². The third-order valence-electron chi connectivity index (χ3n) is 6.67. The lowest BCUT2D eigenvalue weighted by Crippen LogP contribution is -2.55. The van der Waals surface area contributed by atoms with Crippen molar-refractivity contribution in [2.75, 3.05) is 34.5 Å². The summed E-state index contributed by atoms with van der Waals surface area (Å²) in [6, 6.07) is 0. The Hall–Kier alpha value is -0.990. The minimum atomic E-state index is -0.452. The van der Waals surface area contributed by atoms with Crippen LogP contribution in [0.3, 0.4) is 0 Å². The first kappa shape index (κ1) is 20.7. The molecule has 154 valence electrons. The van der Waals surface area contributed by atoms with Gasteiger partial charge in [-0.1, -0.05) is 0 Å². The van der Waals surface area contributed by atoms with Gasteiger partial charge in [0, 0.05) is 52.5 Å². The maximum atomic E-state index is 12.9. The number of hydrogen-bond acceptors (Lipinski definition) is 7. The molecule has 0 aromatic rings. The number of hydrogen-bond donors (Lipinski definition) is 2. The first-order chi connectivity index (χ1) is 13.1. The van der Waals surface area contributed by atoms with Crippen molar-refractivity contribution in [3.8, 4) is 0 Å². The zero-order chi connectivity index (χ0) is 19.6. The third-order valence-corrected chi connectivity index (χ3v) is 6.67. The van der Waals surface area contributed by atoms with Crippen LogP contribution in [-0.4, -0.2) is 75.0 Å². The van der Waals surface area contributed by atoms with Crippen molar-refractivity contribution in [3.05, 3.63) is 11.8 Å². The number of carbonyl (C=O) groups excluding carboxylic acids is 1. The summed E-state index contributed by atoms with van der Waals surface area (Å²) in [6.07, 6.45) is 3.91. The topological polar surface area (TPSA) is 94.5 Å². The lowest BCUT2D eigenvalue weighted by molar-refractivity contribution is -0.159. The van der Waals surface area contributed by atoms with E-state index in [1.165, 1.54) is 0 Å². The number of ether oxygens (including phenoxy) is 4. The van der Waals surface area contributed by atoms with Crippen molar-refractivity contribution >= 4 is 5.78 Å². The zero-order valence-corrected chi connectivity index (χ0v) is 16.4. The van der Waals surface area contributed by atoms with Gasteiger partial charge < -0.3 is 29.2 Å². The molecule has 0 bridgehead atoms. The smallest absolute Gasteiger partial charge is 0.168 e. The highest BCUT2D eigenvalue weighted by molar-refractivity contribution is 5.94. The molecular formula is C20H32O7. The van der Waals surface area contributed by atoms with Crippen LogP contribution in [0.1, 0.15) is 25.7 Å². The lowest BCUT2D eigenvalue weighted by Gasteiger charge is -2.47.